The molecule has 0 unspecified atom stereocenters. The van der Waals surface area contributed by atoms with Crippen LogP contribution in [0.2, 0.25) is 0 Å². The lowest BCUT2D eigenvalue weighted by molar-refractivity contribution is 0.420. The molecule has 0 fully saturated rings. The van der Waals surface area contributed by atoms with Crippen molar-refractivity contribution in [2.45, 2.75) is 25.5 Å². The summed E-state index contributed by atoms with van der Waals surface area (Å²) in [6, 6.07) is 11.4. The van der Waals surface area contributed by atoms with Gasteiger partial charge in [-0.3, -0.25) is 0 Å². The van der Waals surface area contributed by atoms with Crippen LogP contribution in [0.25, 0.3) is 28.0 Å². The van der Waals surface area contributed by atoms with Gasteiger partial charge in [0, 0.05) is 6.54 Å². The fourth-order valence-electron chi connectivity index (χ4n) is 3.03. The lowest BCUT2D eigenvalue weighted by Gasteiger charge is -2.07. The number of hydrogen-bond donors (Lipinski definition) is 2. The predicted octanol–water partition coefficient (Wildman–Crippen LogP) is 4.33. The Labute approximate surface area is 170 Å². The molecule has 4 aromatic rings. The number of benzene rings is 1. The zero-order valence-corrected chi connectivity index (χ0v) is 16.7. The summed E-state index contributed by atoms with van der Waals surface area (Å²) in [6.07, 6.45) is 1.62. The highest BCUT2D eigenvalue weighted by Gasteiger charge is 2.18. The summed E-state index contributed by atoms with van der Waals surface area (Å²) < 4.78 is 7.31. The molecule has 9 heteroatoms. The third-order valence-corrected chi connectivity index (χ3v) is 5.48. The van der Waals surface area contributed by atoms with Crippen LogP contribution < -0.4 is 0 Å². The first-order chi connectivity index (χ1) is 14.1. The minimum Gasteiger partial charge on any atom is -0.510 e. The van der Waals surface area contributed by atoms with Crippen LogP contribution in [0, 0.1) is 18.3 Å². The van der Waals surface area contributed by atoms with E-state index in [0.717, 1.165) is 22.4 Å². The van der Waals surface area contributed by atoms with Gasteiger partial charge in [-0.15, -0.1) is 10.2 Å². The van der Waals surface area contributed by atoms with Gasteiger partial charge in [-0.1, -0.05) is 23.9 Å². The summed E-state index contributed by atoms with van der Waals surface area (Å²) in [6.45, 7) is 4.53. The second-order valence-corrected chi connectivity index (χ2v) is 7.21. The summed E-state index contributed by atoms with van der Waals surface area (Å²) >= 11 is 1.31. The number of nitrogens with zero attached hydrogens (tertiary/aromatic N) is 5. The van der Waals surface area contributed by atoms with Gasteiger partial charge in [0.2, 0.25) is 0 Å². The highest BCUT2D eigenvalue weighted by atomic mass is 32.2. The zero-order valence-electron chi connectivity index (χ0n) is 15.9. The Kier molecular flexibility index (Phi) is 5.10. The molecule has 8 nitrogen and oxygen atoms in total. The first-order valence-electron chi connectivity index (χ1n) is 9.00. The van der Waals surface area contributed by atoms with Gasteiger partial charge in [0.05, 0.1) is 28.6 Å². The average molecular weight is 406 g/mol. The van der Waals surface area contributed by atoms with E-state index in [1.54, 1.807) is 6.26 Å². The fourth-order valence-corrected chi connectivity index (χ4v) is 3.91. The van der Waals surface area contributed by atoms with E-state index in [2.05, 4.69) is 20.2 Å². The normalized spacial score (nSPS) is 12.2. The van der Waals surface area contributed by atoms with Gasteiger partial charge in [0.1, 0.15) is 23.2 Å². The molecule has 0 aliphatic rings. The first-order valence-corrected chi connectivity index (χ1v) is 9.98. The number of para-hydroxylation sites is 2. The Morgan fingerprint density at radius 3 is 2.83 bits per heavy atom. The number of H-pyrrole nitrogens is 1. The molecule has 0 atom stereocenters. The molecule has 29 heavy (non-hydrogen) atoms. The number of thioether (sulfide) groups is 1. The Balaban J connectivity index is 1.60. The molecule has 0 amide bonds. The maximum Gasteiger partial charge on any atom is 0.191 e. The topological polar surface area (TPSA) is 117 Å². The van der Waals surface area contributed by atoms with Crippen molar-refractivity contribution >= 4 is 28.4 Å². The number of imidazole rings is 1. The van der Waals surface area contributed by atoms with E-state index in [-0.39, 0.29) is 17.1 Å². The SMILES string of the molecule is CCn1c(SC/C(O)=C(\C#N)c2nc3ccccc3[nH]2)nnc1-c1ccoc1C. The molecule has 0 saturated heterocycles. The first kappa shape index (κ1) is 18.8. The summed E-state index contributed by atoms with van der Waals surface area (Å²) in [5, 5.41) is 29.3. The van der Waals surface area contributed by atoms with Crippen molar-refractivity contribution in [2.24, 2.45) is 0 Å². The smallest absolute Gasteiger partial charge is 0.191 e. The van der Waals surface area contributed by atoms with Crippen LogP contribution in [0.3, 0.4) is 0 Å². The molecule has 0 spiro atoms. The summed E-state index contributed by atoms with van der Waals surface area (Å²) in [7, 11) is 0. The summed E-state index contributed by atoms with van der Waals surface area (Å²) in [4.78, 5) is 7.47. The molecular weight excluding hydrogens is 388 g/mol. The molecular formula is C20H18N6O2S. The maximum absolute atomic E-state index is 10.6. The van der Waals surface area contributed by atoms with E-state index in [9.17, 15) is 10.4 Å². The number of rotatable bonds is 6. The summed E-state index contributed by atoms with van der Waals surface area (Å²) in [5.41, 5.74) is 2.54. The van der Waals surface area contributed by atoms with E-state index in [1.165, 1.54) is 11.8 Å². The lowest BCUT2D eigenvalue weighted by Crippen LogP contribution is -2.01. The highest BCUT2D eigenvalue weighted by Crippen LogP contribution is 2.28. The number of fused-ring (bicyclic) bond motifs is 1. The molecule has 0 saturated carbocycles. The van der Waals surface area contributed by atoms with Crippen LogP contribution in [-0.2, 0) is 6.54 Å². The number of aromatic amines is 1. The van der Waals surface area contributed by atoms with Crippen LogP contribution in [0.5, 0.6) is 0 Å². The number of allylic oxidation sites excluding steroid dienone is 1. The maximum atomic E-state index is 10.6. The molecule has 0 bridgehead atoms. The van der Waals surface area contributed by atoms with Crippen molar-refractivity contribution in [2.75, 3.05) is 5.75 Å². The third-order valence-electron chi connectivity index (χ3n) is 4.50. The number of nitrogens with one attached hydrogen (secondary N) is 1. The van der Waals surface area contributed by atoms with Crippen LogP contribution in [0.15, 0.2) is 51.9 Å². The molecule has 3 aromatic heterocycles. The summed E-state index contributed by atoms with van der Waals surface area (Å²) in [5.74, 6) is 1.93. The van der Waals surface area contributed by atoms with E-state index >= 15 is 0 Å². The van der Waals surface area contributed by atoms with Crippen LogP contribution in [0.4, 0.5) is 0 Å². The van der Waals surface area contributed by atoms with Crippen molar-refractivity contribution < 1.29 is 9.52 Å². The second kappa shape index (κ2) is 7.85. The van der Waals surface area contributed by atoms with Gasteiger partial charge in [0.15, 0.2) is 16.8 Å². The van der Waals surface area contributed by atoms with Gasteiger partial charge in [-0.2, -0.15) is 5.26 Å². The minimum absolute atomic E-state index is 0.0664. The third kappa shape index (κ3) is 3.50. The van der Waals surface area contributed by atoms with Gasteiger partial charge in [-0.25, -0.2) is 4.98 Å². The van der Waals surface area contributed by atoms with E-state index in [0.29, 0.717) is 23.4 Å². The molecule has 4 rings (SSSR count). The average Bonchev–Trinajstić information content (AvgIpc) is 3.43. The number of aryl methyl sites for hydroxylation is 1. The number of furan rings is 1. The molecule has 146 valence electrons. The Morgan fingerprint density at radius 2 is 2.14 bits per heavy atom. The van der Waals surface area contributed by atoms with Crippen molar-refractivity contribution in [1.29, 1.82) is 5.26 Å². The molecule has 1 aromatic carbocycles. The number of aromatic nitrogens is 5. The van der Waals surface area contributed by atoms with Crippen molar-refractivity contribution in [1.82, 2.24) is 24.7 Å². The van der Waals surface area contributed by atoms with E-state index in [1.807, 2.05) is 54.8 Å². The standard InChI is InChI=1S/C20H18N6O2S/c1-3-26-19(13-8-9-28-12(13)2)24-25-20(26)29-11-17(27)14(10-21)18-22-15-6-4-5-7-16(15)23-18/h4-9,27H,3,11H2,1-2H3,(H,22,23)/b17-14-. The van der Waals surface area contributed by atoms with E-state index < -0.39 is 0 Å². The van der Waals surface area contributed by atoms with Crippen molar-refractivity contribution in [3.05, 3.63) is 53.9 Å². The Hall–Kier alpha value is -3.51. The fraction of sp³-hybridized carbons (Fsp3) is 0.200. The molecule has 0 aliphatic heterocycles. The molecule has 0 radical (unpaired) electrons. The van der Waals surface area contributed by atoms with Gasteiger partial charge >= 0.3 is 0 Å². The number of aliphatic hydroxyl groups excluding tert-OH is 1. The Morgan fingerprint density at radius 1 is 1.31 bits per heavy atom. The zero-order chi connectivity index (χ0) is 20.4. The van der Waals surface area contributed by atoms with Crippen LogP contribution in [-0.4, -0.2) is 35.6 Å². The lowest BCUT2D eigenvalue weighted by atomic mass is 10.2. The second-order valence-electron chi connectivity index (χ2n) is 6.27. The number of aliphatic hydroxyl groups is 1. The Bertz CT molecular complexity index is 1210. The monoisotopic (exact) mass is 406 g/mol. The van der Waals surface area contributed by atoms with Gasteiger partial charge in [0.25, 0.3) is 0 Å². The number of hydrogen-bond acceptors (Lipinski definition) is 7. The number of nitriles is 1. The molecule has 2 N–H and O–H groups in total. The van der Waals surface area contributed by atoms with Gasteiger partial charge < -0.3 is 19.1 Å². The largest absolute Gasteiger partial charge is 0.510 e. The van der Waals surface area contributed by atoms with E-state index in [4.69, 9.17) is 4.42 Å². The predicted molar refractivity (Wildman–Crippen MR) is 110 cm³/mol. The van der Waals surface area contributed by atoms with Gasteiger partial charge in [-0.05, 0) is 32.0 Å². The molecule has 3 heterocycles. The van der Waals surface area contributed by atoms with Crippen LogP contribution in [0.1, 0.15) is 18.5 Å². The van der Waals surface area contributed by atoms with Crippen molar-refractivity contribution in [3.63, 3.8) is 0 Å². The minimum atomic E-state index is -0.0664. The molecule has 0 aliphatic carbocycles. The quantitative estimate of drug-likeness (QED) is 0.278. The van der Waals surface area contributed by atoms with Crippen LogP contribution >= 0.6 is 11.8 Å². The highest BCUT2D eigenvalue weighted by molar-refractivity contribution is 7.99. The van der Waals surface area contributed by atoms with Crippen molar-refractivity contribution in [3.8, 4) is 17.5 Å².